The number of carbonyl (C=O) groups excluding carboxylic acids is 4. The number of carbonyl (C=O) groups is 4. The molecule has 0 spiro atoms. The SMILES string of the molecule is CCCCN(C(=O)C(CS)NC(=O)OC(C)(C)C)C(C(=O)NC(Cc1ccccc1)C(=O)OC(C)(C)C)c1ccccc1O. The Bertz CT molecular complexity index is 1260. The monoisotopic (exact) mass is 629 g/mol. The molecule has 0 heterocycles. The third-order valence-corrected chi connectivity index (χ3v) is 6.65. The molecule has 2 aromatic carbocycles. The first-order valence-electron chi connectivity index (χ1n) is 14.8. The van der Waals surface area contributed by atoms with Crippen LogP contribution in [-0.2, 0) is 30.3 Å². The molecule has 11 heteroatoms. The molecule has 0 fully saturated rings. The molecule has 2 aromatic rings. The number of ether oxygens (including phenoxy) is 2. The number of unbranched alkanes of at least 4 members (excludes halogenated alkanes) is 1. The second-order valence-electron chi connectivity index (χ2n) is 12.5. The Labute approximate surface area is 266 Å². The zero-order chi connectivity index (χ0) is 33.1. The summed E-state index contributed by atoms with van der Waals surface area (Å²) < 4.78 is 11.0. The Kier molecular flexibility index (Phi) is 13.6. The summed E-state index contributed by atoms with van der Waals surface area (Å²) >= 11 is 4.30. The third kappa shape index (κ3) is 11.7. The lowest BCUT2D eigenvalue weighted by Gasteiger charge is -2.35. The van der Waals surface area contributed by atoms with Crippen LogP contribution in [0.2, 0.25) is 0 Å². The molecule has 0 bridgehead atoms. The Hall–Kier alpha value is -3.73. The standard InChI is InChI=1S/C33H47N3O7S/c1-8-9-19-36(29(39)25(21-44)35-31(41)43-33(5,6)7)27(23-17-13-14-18-26(23)37)28(38)34-24(30(40)42-32(2,3)4)20-22-15-11-10-12-16-22/h10-18,24-25,27,37,44H,8-9,19-21H2,1-7H3,(H,34,38)(H,35,41). The number of hydrogen-bond donors (Lipinski definition) is 4. The maximum atomic E-state index is 14.2. The molecule has 0 radical (unpaired) electrons. The van der Waals surface area contributed by atoms with Gasteiger partial charge in [-0.25, -0.2) is 9.59 Å². The molecule has 3 unspecified atom stereocenters. The van der Waals surface area contributed by atoms with Crippen LogP contribution in [0.5, 0.6) is 5.75 Å². The lowest BCUT2D eigenvalue weighted by Crippen LogP contribution is -2.55. The average molecular weight is 630 g/mol. The molecule has 0 aromatic heterocycles. The molecule has 10 nitrogen and oxygen atoms in total. The van der Waals surface area contributed by atoms with E-state index in [2.05, 4.69) is 23.3 Å². The molecule has 3 amide bonds. The fourth-order valence-electron chi connectivity index (χ4n) is 4.37. The minimum absolute atomic E-state index is 0.0790. The molecule has 3 N–H and O–H groups in total. The molecular formula is C33H47N3O7S. The summed E-state index contributed by atoms with van der Waals surface area (Å²) in [6, 6.07) is 11.8. The van der Waals surface area contributed by atoms with E-state index in [-0.39, 0.29) is 30.0 Å². The van der Waals surface area contributed by atoms with Gasteiger partial charge in [-0.3, -0.25) is 9.59 Å². The molecule has 44 heavy (non-hydrogen) atoms. The molecule has 0 aliphatic heterocycles. The minimum atomic E-state index is -1.35. The molecule has 0 aliphatic rings. The quantitative estimate of drug-likeness (QED) is 0.182. The largest absolute Gasteiger partial charge is 0.508 e. The highest BCUT2D eigenvalue weighted by Crippen LogP contribution is 2.30. The topological polar surface area (TPSA) is 134 Å². The molecule has 3 atom stereocenters. The first kappa shape index (κ1) is 36.5. The number of benzene rings is 2. The highest BCUT2D eigenvalue weighted by Gasteiger charge is 2.39. The van der Waals surface area contributed by atoms with Crippen molar-refractivity contribution in [1.82, 2.24) is 15.5 Å². The number of hydrogen-bond acceptors (Lipinski definition) is 8. The number of nitrogens with zero attached hydrogens (tertiary/aromatic N) is 1. The van der Waals surface area contributed by atoms with E-state index >= 15 is 0 Å². The van der Waals surface area contributed by atoms with Crippen LogP contribution < -0.4 is 10.6 Å². The Balaban J connectivity index is 2.56. The smallest absolute Gasteiger partial charge is 0.408 e. The van der Waals surface area contributed by atoms with Crippen molar-refractivity contribution in [3.63, 3.8) is 0 Å². The highest BCUT2D eigenvalue weighted by atomic mass is 32.1. The fourth-order valence-corrected chi connectivity index (χ4v) is 4.61. The van der Waals surface area contributed by atoms with Gasteiger partial charge in [-0.05, 0) is 59.6 Å². The zero-order valence-electron chi connectivity index (χ0n) is 26.8. The summed E-state index contributed by atoms with van der Waals surface area (Å²) in [5, 5.41) is 16.2. The van der Waals surface area contributed by atoms with Crippen LogP contribution >= 0.6 is 12.6 Å². The van der Waals surface area contributed by atoms with Gasteiger partial charge in [0.15, 0.2) is 0 Å². The van der Waals surface area contributed by atoms with Crippen LogP contribution in [0.15, 0.2) is 54.6 Å². The summed E-state index contributed by atoms with van der Waals surface area (Å²) in [6.45, 7) is 12.4. The van der Waals surface area contributed by atoms with Gasteiger partial charge in [0.1, 0.15) is 35.1 Å². The van der Waals surface area contributed by atoms with Gasteiger partial charge in [0.05, 0.1) is 0 Å². The van der Waals surface area contributed by atoms with E-state index in [4.69, 9.17) is 9.47 Å². The van der Waals surface area contributed by atoms with Crippen molar-refractivity contribution in [3.8, 4) is 5.75 Å². The van der Waals surface area contributed by atoms with Gasteiger partial charge in [0.25, 0.3) is 0 Å². The van der Waals surface area contributed by atoms with E-state index < -0.39 is 53.2 Å². The van der Waals surface area contributed by atoms with Gasteiger partial charge in [0, 0.05) is 24.3 Å². The first-order chi connectivity index (χ1) is 20.6. The Morgan fingerprint density at radius 3 is 2.00 bits per heavy atom. The summed E-state index contributed by atoms with van der Waals surface area (Å²) in [7, 11) is 0. The van der Waals surface area contributed by atoms with E-state index in [0.717, 1.165) is 5.56 Å². The predicted molar refractivity (Wildman–Crippen MR) is 172 cm³/mol. The Morgan fingerprint density at radius 1 is 0.864 bits per heavy atom. The van der Waals surface area contributed by atoms with Crippen molar-refractivity contribution in [1.29, 1.82) is 0 Å². The van der Waals surface area contributed by atoms with Crippen molar-refractivity contribution in [3.05, 3.63) is 65.7 Å². The Morgan fingerprint density at radius 2 is 1.45 bits per heavy atom. The first-order valence-corrected chi connectivity index (χ1v) is 15.5. The van der Waals surface area contributed by atoms with E-state index in [1.807, 2.05) is 37.3 Å². The van der Waals surface area contributed by atoms with Crippen molar-refractivity contribution in [2.75, 3.05) is 12.3 Å². The zero-order valence-corrected chi connectivity index (χ0v) is 27.6. The van der Waals surface area contributed by atoms with Gasteiger partial charge in [0.2, 0.25) is 11.8 Å². The van der Waals surface area contributed by atoms with E-state index in [0.29, 0.717) is 12.8 Å². The van der Waals surface area contributed by atoms with Crippen LogP contribution in [0.25, 0.3) is 0 Å². The molecule has 0 aliphatic carbocycles. The predicted octanol–water partition coefficient (Wildman–Crippen LogP) is 4.95. The second-order valence-corrected chi connectivity index (χ2v) is 12.9. The number of para-hydroxylation sites is 1. The van der Waals surface area contributed by atoms with Gasteiger partial charge in [-0.15, -0.1) is 0 Å². The third-order valence-electron chi connectivity index (χ3n) is 6.29. The number of phenolic OH excluding ortho intramolecular Hbond substituents is 1. The van der Waals surface area contributed by atoms with Crippen molar-refractivity contribution < 1.29 is 33.8 Å². The van der Waals surface area contributed by atoms with E-state index in [1.165, 1.54) is 11.0 Å². The molecule has 0 saturated carbocycles. The number of alkyl carbamates (subject to hydrolysis) is 1. The number of thiol groups is 1. The number of esters is 1. The van der Waals surface area contributed by atoms with Gasteiger partial charge < -0.3 is 30.1 Å². The molecule has 242 valence electrons. The van der Waals surface area contributed by atoms with Crippen LogP contribution in [-0.4, -0.2) is 69.5 Å². The lowest BCUT2D eigenvalue weighted by molar-refractivity contribution is -0.159. The maximum absolute atomic E-state index is 14.2. The number of aromatic hydroxyl groups is 1. The van der Waals surface area contributed by atoms with E-state index in [1.54, 1.807) is 59.7 Å². The van der Waals surface area contributed by atoms with E-state index in [9.17, 15) is 24.3 Å². The van der Waals surface area contributed by atoms with Crippen LogP contribution in [0.3, 0.4) is 0 Å². The van der Waals surface area contributed by atoms with Crippen molar-refractivity contribution in [2.45, 2.75) is 97.1 Å². The number of amides is 3. The van der Waals surface area contributed by atoms with Crippen molar-refractivity contribution >= 4 is 36.5 Å². The van der Waals surface area contributed by atoms with Crippen molar-refractivity contribution in [2.24, 2.45) is 0 Å². The molecule has 0 saturated heterocycles. The fraction of sp³-hybridized carbons (Fsp3) is 0.515. The van der Waals surface area contributed by atoms with Gasteiger partial charge in [-0.2, -0.15) is 12.6 Å². The summed E-state index contributed by atoms with van der Waals surface area (Å²) in [6.07, 6.45) is 0.543. The maximum Gasteiger partial charge on any atom is 0.408 e. The van der Waals surface area contributed by atoms with Crippen LogP contribution in [0.4, 0.5) is 4.79 Å². The van der Waals surface area contributed by atoms with Gasteiger partial charge in [-0.1, -0.05) is 61.9 Å². The number of nitrogens with one attached hydrogen (secondary N) is 2. The van der Waals surface area contributed by atoms with Crippen LogP contribution in [0, 0.1) is 0 Å². The molecule has 2 rings (SSSR count). The summed E-state index contributed by atoms with van der Waals surface area (Å²) in [4.78, 5) is 55.6. The summed E-state index contributed by atoms with van der Waals surface area (Å²) in [5.74, 6) is -2.22. The lowest BCUT2D eigenvalue weighted by atomic mass is 9.99. The number of phenols is 1. The van der Waals surface area contributed by atoms with Gasteiger partial charge >= 0.3 is 12.1 Å². The van der Waals surface area contributed by atoms with Crippen LogP contribution in [0.1, 0.15) is 78.5 Å². The minimum Gasteiger partial charge on any atom is -0.508 e. The average Bonchev–Trinajstić information content (AvgIpc) is 2.92. The molecular weight excluding hydrogens is 582 g/mol. The normalized spacial score (nSPS) is 13.6. The number of rotatable bonds is 13. The second kappa shape index (κ2) is 16.4. The summed E-state index contributed by atoms with van der Waals surface area (Å²) in [5.41, 5.74) is -0.667. The highest BCUT2D eigenvalue weighted by molar-refractivity contribution is 7.80.